The minimum atomic E-state index is -4.42. The quantitative estimate of drug-likeness (QED) is 0.727. The summed E-state index contributed by atoms with van der Waals surface area (Å²) in [6, 6.07) is 4.25. The Morgan fingerprint density at radius 1 is 1.26 bits per heavy atom. The van der Waals surface area contributed by atoms with Gasteiger partial charge in [0, 0.05) is 36.8 Å². The van der Waals surface area contributed by atoms with Crippen LogP contribution in [0.3, 0.4) is 0 Å². The van der Waals surface area contributed by atoms with Crippen molar-refractivity contribution in [3.63, 3.8) is 0 Å². The zero-order valence-electron chi connectivity index (χ0n) is 14.6. The molecule has 5 nitrogen and oxygen atoms in total. The Morgan fingerprint density at radius 3 is 2.56 bits per heavy atom. The molecule has 0 saturated carbocycles. The van der Waals surface area contributed by atoms with Gasteiger partial charge in [0.1, 0.15) is 0 Å². The van der Waals surface area contributed by atoms with E-state index in [1.54, 1.807) is 12.1 Å². The summed E-state index contributed by atoms with van der Waals surface area (Å²) in [4.78, 5) is 16.0. The number of hydrogen-bond donors (Lipinski definition) is 2. The minimum Gasteiger partial charge on any atom is -0.468 e. The molecule has 2 aliphatic rings. The molecule has 2 saturated heterocycles. The number of carbonyl (C=O) groups is 1. The van der Waals surface area contributed by atoms with E-state index < -0.39 is 12.8 Å². The summed E-state index contributed by atoms with van der Waals surface area (Å²) < 4.78 is 41.6. The maximum Gasteiger partial charge on any atom is 0.422 e. The molecule has 27 heavy (non-hydrogen) atoms. The van der Waals surface area contributed by atoms with E-state index in [1.165, 1.54) is 19.0 Å². The lowest BCUT2D eigenvalue weighted by Crippen LogP contribution is -2.39. The Hall–Kier alpha value is -1.25. The molecule has 2 atom stereocenters. The Kier molecular flexibility index (Phi) is 9.11. The van der Waals surface area contributed by atoms with Crippen LogP contribution in [0.5, 0.6) is 5.88 Å². The number of ether oxygens (including phenoxy) is 1. The fraction of sp³-hybridized carbons (Fsp3) is 0.647. The number of pyridine rings is 1. The molecule has 154 valence electrons. The lowest BCUT2D eigenvalue weighted by Gasteiger charge is -2.28. The number of aromatic nitrogens is 1. The first-order valence-corrected chi connectivity index (χ1v) is 8.55. The fourth-order valence-corrected chi connectivity index (χ4v) is 3.71. The number of piperidine rings is 1. The average molecular weight is 430 g/mol. The second-order valence-electron chi connectivity index (χ2n) is 6.83. The van der Waals surface area contributed by atoms with Crippen molar-refractivity contribution >= 4 is 30.7 Å². The molecule has 1 amide bonds. The first kappa shape index (κ1) is 23.8. The fourth-order valence-electron chi connectivity index (χ4n) is 3.71. The Bertz CT molecular complexity index is 607. The van der Waals surface area contributed by atoms with Crippen LogP contribution in [0.15, 0.2) is 18.3 Å². The average Bonchev–Trinajstić information content (AvgIpc) is 2.89. The zero-order valence-corrected chi connectivity index (χ0v) is 16.3. The highest BCUT2D eigenvalue weighted by atomic mass is 35.5. The summed E-state index contributed by atoms with van der Waals surface area (Å²) in [6.07, 6.45) is 1.77. The van der Waals surface area contributed by atoms with Gasteiger partial charge in [0.25, 0.3) is 0 Å². The molecule has 0 radical (unpaired) electrons. The van der Waals surface area contributed by atoms with Crippen molar-refractivity contribution in [1.29, 1.82) is 0 Å². The van der Waals surface area contributed by atoms with Gasteiger partial charge in [0.15, 0.2) is 6.61 Å². The maximum atomic E-state index is 12.3. The number of halogens is 5. The predicted octanol–water partition coefficient (Wildman–Crippen LogP) is 3.40. The third-order valence-corrected chi connectivity index (χ3v) is 4.74. The van der Waals surface area contributed by atoms with Crippen LogP contribution in [0.2, 0.25) is 0 Å². The summed E-state index contributed by atoms with van der Waals surface area (Å²) in [5, 5.41) is 6.31. The Morgan fingerprint density at radius 2 is 1.93 bits per heavy atom. The molecule has 2 aliphatic heterocycles. The third kappa shape index (κ3) is 7.35. The molecule has 10 heteroatoms. The van der Waals surface area contributed by atoms with Crippen LogP contribution in [0, 0.1) is 5.92 Å². The summed E-state index contributed by atoms with van der Waals surface area (Å²) in [5.41, 5.74) is 0.436. The molecule has 2 unspecified atom stereocenters. The standard InChI is InChI=1S/C17H22F3N3O2.2ClH/c18-17(19,20)10-25-16-12(2-1-5-21-16)9-22-15(24)8-11-6-13-3-4-14(7-11)23-13;;/h1-2,5,11,13-14,23H,3-4,6-10H2,(H,22,24);2*1H. The highest BCUT2D eigenvalue weighted by Crippen LogP contribution is 2.32. The number of rotatable bonds is 6. The molecule has 1 aromatic heterocycles. The van der Waals surface area contributed by atoms with E-state index in [-0.39, 0.29) is 43.1 Å². The van der Waals surface area contributed by atoms with Crippen LogP contribution in [0.25, 0.3) is 0 Å². The summed E-state index contributed by atoms with van der Waals surface area (Å²) in [5.74, 6) is 0.186. The third-order valence-electron chi connectivity index (χ3n) is 4.74. The second-order valence-corrected chi connectivity index (χ2v) is 6.83. The second kappa shape index (κ2) is 10.3. The Labute approximate surface area is 168 Å². The van der Waals surface area contributed by atoms with Crippen LogP contribution in [-0.2, 0) is 11.3 Å². The first-order chi connectivity index (χ1) is 11.9. The van der Waals surface area contributed by atoms with Gasteiger partial charge >= 0.3 is 6.18 Å². The molecule has 1 aromatic rings. The number of nitrogens with one attached hydrogen (secondary N) is 2. The molecule has 2 fully saturated rings. The number of nitrogens with zero attached hydrogens (tertiary/aromatic N) is 1. The van der Waals surface area contributed by atoms with Crippen LogP contribution in [0.4, 0.5) is 13.2 Å². The van der Waals surface area contributed by atoms with Gasteiger partial charge in [-0.1, -0.05) is 6.07 Å². The van der Waals surface area contributed by atoms with Crippen LogP contribution in [0.1, 0.15) is 37.7 Å². The topological polar surface area (TPSA) is 63.2 Å². The van der Waals surface area contributed by atoms with Crippen molar-refractivity contribution in [1.82, 2.24) is 15.6 Å². The highest BCUT2D eigenvalue weighted by Gasteiger charge is 2.34. The van der Waals surface area contributed by atoms with Gasteiger partial charge in [-0.3, -0.25) is 4.79 Å². The van der Waals surface area contributed by atoms with Gasteiger partial charge < -0.3 is 15.4 Å². The normalized spacial score (nSPS) is 23.7. The van der Waals surface area contributed by atoms with E-state index in [2.05, 4.69) is 15.6 Å². The molecule has 3 rings (SSSR count). The summed E-state index contributed by atoms with van der Waals surface area (Å²) >= 11 is 0. The van der Waals surface area contributed by atoms with E-state index in [9.17, 15) is 18.0 Å². The molecule has 0 aromatic carbocycles. The van der Waals surface area contributed by atoms with Gasteiger partial charge in [-0.05, 0) is 37.7 Å². The lowest BCUT2D eigenvalue weighted by atomic mass is 9.89. The van der Waals surface area contributed by atoms with Crippen molar-refractivity contribution < 1.29 is 22.7 Å². The molecular formula is C17H24Cl2F3N3O2. The van der Waals surface area contributed by atoms with E-state index in [0.717, 1.165) is 12.8 Å². The monoisotopic (exact) mass is 429 g/mol. The summed E-state index contributed by atoms with van der Waals surface area (Å²) in [7, 11) is 0. The number of alkyl halides is 3. The molecule has 3 heterocycles. The van der Waals surface area contributed by atoms with Crippen molar-refractivity contribution in [2.75, 3.05) is 6.61 Å². The first-order valence-electron chi connectivity index (χ1n) is 8.55. The Balaban J connectivity index is 0.00000182. The van der Waals surface area contributed by atoms with Gasteiger partial charge in [-0.2, -0.15) is 13.2 Å². The van der Waals surface area contributed by atoms with Crippen molar-refractivity contribution in [3.8, 4) is 5.88 Å². The van der Waals surface area contributed by atoms with Crippen molar-refractivity contribution in [2.45, 2.75) is 56.9 Å². The van der Waals surface area contributed by atoms with Crippen LogP contribution < -0.4 is 15.4 Å². The van der Waals surface area contributed by atoms with E-state index in [4.69, 9.17) is 4.74 Å². The SMILES string of the molecule is Cl.Cl.O=C(CC1CC2CCC(C1)N2)NCc1cccnc1OCC(F)(F)F. The largest absolute Gasteiger partial charge is 0.468 e. The molecule has 0 aliphatic carbocycles. The number of hydrogen-bond acceptors (Lipinski definition) is 4. The zero-order chi connectivity index (χ0) is 17.9. The van der Waals surface area contributed by atoms with Crippen LogP contribution in [-0.4, -0.2) is 35.8 Å². The number of amides is 1. The molecule has 0 spiro atoms. The molecule has 2 N–H and O–H groups in total. The molecular weight excluding hydrogens is 406 g/mol. The predicted molar refractivity (Wildman–Crippen MR) is 99.4 cm³/mol. The van der Waals surface area contributed by atoms with Gasteiger partial charge in [-0.25, -0.2) is 4.98 Å². The van der Waals surface area contributed by atoms with Crippen molar-refractivity contribution in [2.24, 2.45) is 5.92 Å². The number of fused-ring (bicyclic) bond motifs is 2. The van der Waals surface area contributed by atoms with E-state index in [1.807, 2.05) is 0 Å². The van der Waals surface area contributed by atoms with E-state index >= 15 is 0 Å². The number of carbonyl (C=O) groups excluding carboxylic acids is 1. The summed E-state index contributed by atoms with van der Waals surface area (Å²) in [6.45, 7) is -1.29. The van der Waals surface area contributed by atoms with E-state index in [0.29, 0.717) is 30.0 Å². The van der Waals surface area contributed by atoms with Crippen molar-refractivity contribution in [3.05, 3.63) is 23.9 Å². The van der Waals surface area contributed by atoms with Crippen LogP contribution >= 0.6 is 24.8 Å². The van der Waals surface area contributed by atoms with Gasteiger partial charge in [-0.15, -0.1) is 24.8 Å². The highest BCUT2D eigenvalue weighted by molar-refractivity contribution is 5.85. The maximum absolute atomic E-state index is 12.3. The van der Waals surface area contributed by atoms with Gasteiger partial charge in [0.2, 0.25) is 11.8 Å². The lowest BCUT2D eigenvalue weighted by molar-refractivity contribution is -0.154. The smallest absolute Gasteiger partial charge is 0.422 e. The minimum absolute atomic E-state index is 0. The molecule has 2 bridgehead atoms. The van der Waals surface area contributed by atoms with Gasteiger partial charge in [0.05, 0.1) is 0 Å².